The van der Waals surface area contributed by atoms with Crippen LogP contribution in [0.2, 0.25) is 0 Å². The van der Waals surface area contributed by atoms with Crippen LogP contribution in [0.25, 0.3) is 5.69 Å². The molecule has 0 bridgehead atoms. The van der Waals surface area contributed by atoms with Crippen molar-refractivity contribution in [2.75, 3.05) is 4.72 Å². The van der Waals surface area contributed by atoms with E-state index in [0.29, 0.717) is 16.8 Å². The van der Waals surface area contributed by atoms with Gasteiger partial charge in [0.05, 0.1) is 21.8 Å². The lowest BCUT2D eigenvalue weighted by molar-refractivity contribution is 0.0695. The number of benzene rings is 2. The maximum Gasteiger partial charge on any atom is 0.347 e. The summed E-state index contributed by atoms with van der Waals surface area (Å²) in [5, 5.41) is 15.3. The van der Waals surface area contributed by atoms with Gasteiger partial charge in [0.15, 0.2) is 0 Å². The molecule has 1 heterocycles. The molecule has 0 aliphatic carbocycles. The summed E-state index contributed by atoms with van der Waals surface area (Å²) in [7, 11) is -4.06. The number of carboxylic acids is 1. The van der Waals surface area contributed by atoms with Gasteiger partial charge in [-0.2, -0.15) is 5.10 Å². The van der Waals surface area contributed by atoms with Crippen molar-refractivity contribution >= 4 is 21.7 Å². The fraction of sp³-hybridized carbons (Fsp3) is 0.167. The Kier molecular flexibility index (Phi) is 4.82. The molecule has 3 aromatic rings. The van der Waals surface area contributed by atoms with E-state index in [1.165, 1.54) is 30.0 Å². The monoisotopic (exact) mass is 402 g/mol. The maximum absolute atomic E-state index is 12.9. The molecule has 2 aromatic carbocycles. The van der Waals surface area contributed by atoms with Gasteiger partial charge in [-0.25, -0.2) is 27.7 Å². The third-order valence-electron chi connectivity index (χ3n) is 4.49. The number of anilines is 1. The molecule has 0 aliphatic rings. The zero-order valence-electron chi connectivity index (χ0n) is 15.3. The average molecular weight is 402 g/mol. The highest BCUT2D eigenvalue weighted by Gasteiger charge is 2.23. The lowest BCUT2D eigenvalue weighted by Gasteiger charge is -2.16. The van der Waals surface area contributed by atoms with Crippen molar-refractivity contribution in [2.45, 2.75) is 25.7 Å². The van der Waals surface area contributed by atoms with Crippen LogP contribution in [0.15, 0.2) is 46.3 Å². The smallest absolute Gasteiger partial charge is 0.347 e. The number of H-pyrrole nitrogens is 1. The number of hydrogen-bond donors (Lipinski definition) is 3. The first-order chi connectivity index (χ1) is 13.1. The van der Waals surface area contributed by atoms with E-state index in [4.69, 9.17) is 0 Å². The van der Waals surface area contributed by atoms with Crippen LogP contribution in [0.1, 0.15) is 27.0 Å². The summed E-state index contributed by atoms with van der Waals surface area (Å²) in [4.78, 5) is 23.2. The van der Waals surface area contributed by atoms with Crippen molar-refractivity contribution in [2.24, 2.45) is 0 Å². The normalized spacial score (nSPS) is 11.4. The number of carboxylic acid groups (broad SMARTS) is 1. The first kappa shape index (κ1) is 19.4. The third kappa shape index (κ3) is 3.29. The van der Waals surface area contributed by atoms with Gasteiger partial charge in [-0.05, 0) is 55.7 Å². The topological polar surface area (TPSA) is 134 Å². The molecule has 9 nitrogen and oxygen atoms in total. The number of aryl methyl sites for hydroxylation is 1. The van der Waals surface area contributed by atoms with Crippen LogP contribution in [-0.2, 0) is 10.0 Å². The number of aromatic amines is 1. The number of nitrogens with zero attached hydrogens (tertiary/aromatic N) is 2. The van der Waals surface area contributed by atoms with Gasteiger partial charge in [0.25, 0.3) is 10.0 Å². The zero-order chi connectivity index (χ0) is 20.6. The molecule has 10 heteroatoms. The molecule has 0 amide bonds. The highest BCUT2D eigenvalue weighted by Crippen LogP contribution is 2.27. The van der Waals surface area contributed by atoms with Crippen LogP contribution >= 0.6 is 0 Å². The molecule has 0 radical (unpaired) electrons. The second-order valence-electron chi connectivity index (χ2n) is 6.27. The van der Waals surface area contributed by atoms with Gasteiger partial charge in [0.2, 0.25) is 0 Å². The van der Waals surface area contributed by atoms with E-state index < -0.39 is 21.7 Å². The molecule has 0 fully saturated rings. The number of rotatable bonds is 5. The second kappa shape index (κ2) is 6.97. The van der Waals surface area contributed by atoms with E-state index in [9.17, 15) is 23.1 Å². The molecule has 0 aliphatic heterocycles. The standard InChI is InChI=1S/C18H18N4O5S/c1-10-7-8-15(12(3)16(10)17(23)24)28(26,27)21-13-5-4-6-14(11(13)2)22-9-19-20-18(22)25/h4-9,21H,1-3H3,(H,20,25)(H,23,24). The lowest BCUT2D eigenvalue weighted by Crippen LogP contribution is -2.19. The molecule has 0 spiro atoms. The highest BCUT2D eigenvalue weighted by atomic mass is 32.2. The molecule has 3 N–H and O–H groups in total. The minimum absolute atomic E-state index is 0.0432. The SMILES string of the molecule is Cc1ccc(S(=O)(=O)Nc2cccc(-n3cn[nH]c3=O)c2C)c(C)c1C(=O)O. The Morgan fingerprint density at radius 2 is 1.86 bits per heavy atom. The van der Waals surface area contributed by atoms with Gasteiger partial charge >= 0.3 is 11.7 Å². The van der Waals surface area contributed by atoms with Crippen molar-refractivity contribution in [1.29, 1.82) is 0 Å². The molecule has 3 rings (SSSR count). The summed E-state index contributed by atoms with van der Waals surface area (Å²) in [5.74, 6) is -1.19. The number of aromatic carboxylic acids is 1. The molecule has 0 atom stereocenters. The zero-order valence-corrected chi connectivity index (χ0v) is 16.2. The summed E-state index contributed by atoms with van der Waals surface area (Å²) < 4.78 is 29.6. The molecule has 0 unspecified atom stereocenters. The number of nitrogens with one attached hydrogen (secondary N) is 2. The van der Waals surface area contributed by atoms with E-state index >= 15 is 0 Å². The Morgan fingerprint density at radius 3 is 2.46 bits per heavy atom. The van der Waals surface area contributed by atoms with E-state index in [1.54, 1.807) is 32.0 Å². The van der Waals surface area contributed by atoms with Crippen LogP contribution in [0.5, 0.6) is 0 Å². The van der Waals surface area contributed by atoms with Crippen molar-refractivity contribution in [3.05, 3.63) is 69.4 Å². The number of sulfonamides is 1. The molecule has 146 valence electrons. The summed E-state index contributed by atoms with van der Waals surface area (Å²) >= 11 is 0. The summed E-state index contributed by atoms with van der Waals surface area (Å²) in [6, 6.07) is 7.65. The van der Waals surface area contributed by atoms with Gasteiger partial charge in [0.1, 0.15) is 6.33 Å². The van der Waals surface area contributed by atoms with Crippen molar-refractivity contribution in [3.63, 3.8) is 0 Å². The summed E-state index contributed by atoms with van der Waals surface area (Å²) in [6.45, 7) is 4.73. The Balaban J connectivity index is 2.08. The predicted octanol–water partition coefficient (Wildman–Crippen LogP) is 1.98. The number of carbonyl (C=O) groups is 1. The fourth-order valence-electron chi connectivity index (χ4n) is 3.06. The Bertz CT molecular complexity index is 1240. The number of hydrogen-bond acceptors (Lipinski definition) is 5. The van der Waals surface area contributed by atoms with Gasteiger partial charge in [-0.15, -0.1) is 0 Å². The first-order valence-corrected chi connectivity index (χ1v) is 9.70. The molecule has 0 saturated heterocycles. The largest absolute Gasteiger partial charge is 0.478 e. The molecule has 28 heavy (non-hydrogen) atoms. The van der Waals surface area contributed by atoms with E-state index in [-0.39, 0.29) is 21.7 Å². The maximum atomic E-state index is 12.9. The minimum Gasteiger partial charge on any atom is -0.478 e. The van der Waals surface area contributed by atoms with Crippen LogP contribution in [0.4, 0.5) is 5.69 Å². The Hall–Kier alpha value is -3.40. The molecular weight excluding hydrogens is 384 g/mol. The van der Waals surface area contributed by atoms with E-state index in [0.717, 1.165) is 0 Å². The van der Waals surface area contributed by atoms with Crippen LogP contribution in [-0.4, -0.2) is 34.3 Å². The lowest BCUT2D eigenvalue weighted by atomic mass is 10.0. The average Bonchev–Trinajstić information content (AvgIpc) is 3.02. The molecule has 0 saturated carbocycles. The quantitative estimate of drug-likeness (QED) is 0.597. The Labute approximate surface area is 160 Å². The number of aromatic nitrogens is 3. The van der Waals surface area contributed by atoms with Crippen LogP contribution < -0.4 is 10.4 Å². The minimum atomic E-state index is -4.06. The van der Waals surface area contributed by atoms with Gasteiger partial charge in [0, 0.05) is 0 Å². The second-order valence-corrected chi connectivity index (χ2v) is 7.92. The fourth-order valence-corrected chi connectivity index (χ4v) is 4.44. The Morgan fingerprint density at radius 1 is 1.14 bits per heavy atom. The van der Waals surface area contributed by atoms with Gasteiger partial charge < -0.3 is 5.11 Å². The third-order valence-corrected chi connectivity index (χ3v) is 6.00. The van der Waals surface area contributed by atoms with E-state index in [1.807, 2.05) is 0 Å². The van der Waals surface area contributed by atoms with Crippen molar-refractivity contribution in [1.82, 2.24) is 14.8 Å². The molecule has 1 aromatic heterocycles. The van der Waals surface area contributed by atoms with Gasteiger partial charge in [-0.1, -0.05) is 12.1 Å². The molecular formula is C18H18N4O5S. The van der Waals surface area contributed by atoms with Crippen LogP contribution in [0, 0.1) is 20.8 Å². The predicted molar refractivity (Wildman–Crippen MR) is 103 cm³/mol. The van der Waals surface area contributed by atoms with Crippen molar-refractivity contribution < 1.29 is 18.3 Å². The van der Waals surface area contributed by atoms with Crippen molar-refractivity contribution in [3.8, 4) is 5.69 Å². The van der Waals surface area contributed by atoms with Gasteiger partial charge in [-0.3, -0.25) is 4.72 Å². The highest BCUT2D eigenvalue weighted by molar-refractivity contribution is 7.92. The first-order valence-electron chi connectivity index (χ1n) is 8.22. The summed E-state index contributed by atoms with van der Waals surface area (Å²) in [6.07, 6.45) is 1.30. The summed E-state index contributed by atoms with van der Waals surface area (Å²) in [5.41, 5.74) is 1.37. The van der Waals surface area contributed by atoms with Crippen LogP contribution in [0.3, 0.4) is 0 Å². The van der Waals surface area contributed by atoms with E-state index in [2.05, 4.69) is 14.9 Å².